The zero-order valence-electron chi connectivity index (χ0n) is 9.73. The summed E-state index contributed by atoms with van der Waals surface area (Å²) in [5.74, 6) is -0.0923. The van der Waals surface area contributed by atoms with E-state index in [0.717, 1.165) is 0 Å². The quantitative estimate of drug-likeness (QED) is 0.627. The van der Waals surface area contributed by atoms with E-state index in [-0.39, 0.29) is 24.4 Å². The lowest BCUT2D eigenvalue weighted by atomic mass is 10.1. The van der Waals surface area contributed by atoms with Crippen molar-refractivity contribution in [1.82, 2.24) is 10.2 Å². The van der Waals surface area contributed by atoms with Crippen LogP contribution >= 0.6 is 0 Å². The van der Waals surface area contributed by atoms with Crippen LogP contribution in [0.1, 0.15) is 12.8 Å². The minimum atomic E-state index is -0.608. The first kappa shape index (κ1) is 12.9. The monoisotopic (exact) mass is 229 g/mol. The molecule has 1 aliphatic heterocycles. The zero-order valence-corrected chi connectivity index (χ0v) is 9.73. The summed E-state index contributed by atoms with van der Waals surface area (Å²) in [6.07, 6.45) is 0.542. The van der Waals surface area contributed by atoms with Crippen molar-refractivity contribution in [3.63, 3.8) is 0 Å². The van der Waals surface area contributed by atoms with Crippen LogP contribution in [0, 0.1) is 0 Å². The number of hydrogen-bond acceptors (Lipinski definition) is 4. The summed E-state index contributed by atoms with van der Waals surface area (Å²) in [4.78, 5) is 24.5. The molecular formula is C10H19N3O3. The van der Waals surface area contributed by atoms with Crippen molar-refractivity contribution in [2.45, 2.75) is 25.0 Å². The van der Waals surface area contributed by atoms with Gasteiger partial charge in [-0.3, -0.25) is 9.59 Å². The third kappa shape index (κ3) is 3.18. The Kier molecular flexibility index (Phi) is 4.70. The molecule has 2 atom stereocenters. The molecule has 2 unspecified atom stereocenters. The first-order chi connectivity index (χ1) is 7.58. The summed E-state index contributed by atoms with van der Waals surface area (Å²) in [6.45, 7) is 0.704. The van der Waals surface area contributed by atoms with Crippen molar-refractivity contribution in [2.24, 2.45) is 5.73 Å². The highest BCUT2D eigenvalue weighted by Gasteiger charge is 2.26. The SMILES string of the molecule is COC(CN)C(=O)NC1CCC(=O)N(C)C1. The van der Waals surface area contributed by atoms with E-state index in [1.807, 2.05) is 0 Å². The molecular weight excluding hydrogens is 210 g/mol. The fourth-order valence-corrected chi connectivity index (χ4v) is 1.73. The molecule has 0 aromatic heterocycles. The van der Waals surface area contributed by atoms with Gasteiger partial charge in [-0.25, -0.2) is 0 Å². The van der Waals surface area contributed by atoms with Crippen LogP contribution in [0.5, 0.6) is 0 Å². The average Bonchev–Trinajstić information content (AvgIpc) is 2.25. The van der Waals surface area contributed by atoms with E-state index >= 15 is 0 Å². The van der Waals surface area contributed by atoms with Gasteiger partial charge >= 0.3 is 0 Å². The van der Waals surface area contributed by atoms with E-state index in [1.54, 1.807) is 11.9 Å². The molecule has 92 valence electrons. The fraction of sp³-hybridized carbons (Fsp3) is 0.800. The molecule has 0 radical (unpaired) electrons. The van der Waals surface area contributed by atoms with Crippen LogP contribution < -0.4 is 11.1 Å². The third-order valence-corrected chi connectivity index (χ3v) is 2.76. The Morgan fingerprint density at radius 2 is 2.44 bits per heavy atom. The number of ether oxygens (including phenoxy) is 1. The van der Waals surface area contributed by atoms with Gasteiger partial charge in [-0.2, -0.15) is 0 Å². The highest BCUT2D eigenvalue weighted by molar-refractivity contribution is 5.82. The van der Waals surface area contributed by atoms with Crippen molar-refractivity contribution < 1.29 is 14.3 Å². The molecule has 1 aliphatic rings. The number of nitrogens with one attached hydrogen (secondary N) is 1. The maximum Gasteiger partial charge on any atom is 0.250 e. The molecule has 0 aromatic rings. The van der Waals surface area contributed by atoms with Gasteiger partial charge in [-0.15, -0.1) is 0 Å². The predicted molar refractivity (Wildman–Crippen MR) is 58.7 cm³/mol. The standard InChI is InChI=1S/C10H19N3O3/c1-13-6-7(3-4-9(13)14)12-10(15)8(5-11)16-2/h7-8H,3-6,11H2,1-2H3,(H,12,15). The molecule has 0 aliphatic carbocycles. The molecule has 3 N–H and O–H groups in total. The Labute approximate surface area is 95.1 Å². The largest absolute Gasteiger partial charge is 0.370 e. The number of amides is 2. The highest BCUT2D eigenvalue weighted by atomic mass is 16.5. The van der Waals surface area contributed by atoms with Crippen molar-refractivity contribution in [2.75, 3.05) is 27.2 Å². The summed E-state index contributed by atoms with van der Waals surface area (Å²) in [7, 11) is 3.19. The minimum Gasteiger partial charge on any atom is -0.370 e. The normalized spacial score (nSPS) is 23.1. The van der Waals surface area contributed by atoms with Crippen LogP contribution in [-0.2, 0) is 14.3 Å². The minimum absolute atomic E-state index is 0.000556. The van der Waals surface area contributed by atoms with Crippen molar-refractivity contribution in [3.8, 4) is 0 Å². The number of piperidine rings is 1. The number of rotatable bonds is 4. The van der Waals surface area contributed by atoms with Gasteiger partial charge in [0.05, 0.1) is 0 Å². The second kappa shape index (κ2) is 5.81. The van der Waals surface area contributed by atoms with E-state index in [1.165, 1.54) is 7.11 Å². The van der Waals surface area contributed by atoms with Gasteiger partial charge in [0.1, 0.15) is 6.10 Å². The number of methoxy groups -OCH3 is 1. The van der Waals surface area contributed by atoms with E-state index in [9.17, 15) is 9.59 Å². The van der Waals surface area contributed by atoms with Crippen molar-refractivity contribution in [1.29, 1.82) is 0 Å². The number of likely N-dealkylation sites (tertiary alicyclic amines) is 1. The van der Waals surface area contributed by atoms with Gasteiger partial charge in [-0.05, 0) is 6.42 Å². The Bertz CT molecular complexity index is 266. The molecule has 1 rings (SSSR count). The predicted octanol–water partition coefficient (Wildman–Crippen LogP) is -1.30. The van der Waals surface area contributed by atoms with Crippen molar-refractivity contribution in [3.05, 3.63) is 0 Å². The van der Waals surface area contributed by atoms with E-state index < -0.39 is 6.10 Å². The van der Waals surface area contributed by atoms with Crippen molar-refractivity contribution >= 4 is 11.8 Å². The Hall–Kier alpha value is -1.14. The maximum absolute atomic E-state index is 11.6. The van der Waals surface area contributed by atoms with Crippen LogP contribution in [0.4, 0.5) is 0 Å². The molecule has 0 saturated carbocycles. The van der Waals surface area contributed by atoms with Gasteiger partial charge in [0.15, 0.2) is 0 Å². The fourth-order valence-electron chi connectivity index (χ4n) is 1.73. The van der Waals surface area contributed by atoms with Crippen LogP contribution in [0.3, 0.4) is 0 Å². The second-order valence-electron chi connectivity index (χ2n) is 3.98. The Balaban J connectivity index is 2.43. The summed E-state index contributed by atoms with van der Waals surface area (Å²) >= 11 is 0. The second-order valence-corrected chi connectivity index (χ2v) is 3.98. The number of carbonyl (C=O) groups is 2. The van der Waals surface area contributed by atoms with Gasteiger partial charge in [0.2, 0.25) is 5.91 Å². The lowest BCUT2D eigenvalue weighted by molar-refractivity contribution is -0.136. The lowest BCUT2D eigenvalue weighted by Gasteiger charge is -2.30. The average molecular weight is 229 g/mol. The van der Waals surface area contributed by atoms with Gasteiger partial charge in [0.25, 0.3) is 5.91 Å². The number of nitrogens with zero attached hydrogens (tertiary/aromatic N) is 1. The molecule has 6 heteroatoms. The van der Waals surface area contributed by atoms with E-state index in [2.05, 4.69) is 5.32 Å². The smallest absolute Gasteiger partial charge is 0.250 e. The maximum atomic E-state index is 11.6. The summed E-state index contributed by atoms with van der Waals surface area (Å²) in [5, 5.41) is 2.83. The molecule has 1 heterocycles. The number of carbonyl (C=O) groups excluding carboxylic acids is 2. The molecule has 16 heavy (non-hydrogen) atoms. The first-order valence-corrected chi connectivity index (χ1v) is 5.35. The molecule has 6 nitrogen and oxygen atoms in total. The van der Waals surface area contributed by atoms with E-state index in [4.69, 9.17) is 10.5 Å². The van der Waals surface area contributed by atoms with Gasteiger partial charge in [0, 0.05) is 39.7 Å². The number of likely N-dealkylation sites (N-methyl/N-ethyl adjacent to an activating group) is 1. The first-order valence-electron chi connectivity index (χ1n) is 5.35. The number of hydrogen-bond donors (Lipinski definition) is 2. The highest BCUT2D eigenvalue weighted by Crippen LogP contribution is 2.09. The summed E-state index contributed by atoms with van der Waals surface area (Å²) in [5.41, 5.74) is 5.39. The van der Waals surface area contributed by atoms with Crippen LogP contribution in [0.2, 0.25) is 0 Å². The molecule has 0 spiro atoms. The summed E-state index contributed by atoms with van der Waals surface area (Å²) < 4.78 is 4.93. The molecule has 0 bridgehead atoms. The van der Waals surface area contributed by atoms with Crippen LogP contribution in [0.25, 0.3) is 0 Å². The Morgan fingerprint density at radius 1 is 1.75 bits per heavy atom. The van der Waals surface area contributed by atoms with Gasteiger partial charge < -0.3 is 20.7 Å². The Morgan fingerprint density at radius 3 is 2.94 bits per heavy atom. The topological polar surface area (TPSA) is 84.7 Å². The molecule has 0 aromatic carbocycles. The molecule has 2 amide bonds. The van der Waals surface area contributed by atoms with Crippen LogP contribution in [-0.4, -0.2) is 56.1 Å². The number of nitrogens with two attached hydrogens (primary N) is 1. The zero-order chi connectivity index (χ0) is 12.1. The van der Waals surface area contributed by atoms with Gasteiger partial charge in [-0.1, -0.05) is 0 Å². The van der Waals surface area contributed by atoms with Crippen LogP contribution in [0.15, 0.2) is 0 Å². The lowest BCUT2D eigenvalue weighted by Crippen LogP contribution is -2.52. The third-order valence-electron chi connectivity index (χ3n) is 2.76. The van der Waals surface area contributed by atoms with E-state index in [0.29, 0.717) is 19.4 Å². The molecule has 1 fully saturated rings. The molecule has 1 saturated heterocycles. The summed E-state index contributed by atoms with van der Waals surface area (Å²) in [6, 6.07) is -0.000556.